The summed E-state index contributed by atoms with van der Waals surface area (Å²) in [6.07, 6.45) is 7.21. The molecule has 1 fully saturated rings. The molecule has 1 aliphatic heterocycles. The van der Waals surface area contributed by atoms with Crippen molar-refractivity contribution < 1.29 is 0 Å². The highest BCUT2D eigenvalue weighted by Crippen LogP contribution is 2.23. The summed E-state index contributed by atoms with van der Waals surface area (Å²) < 4.78 is 1.92. The number of piperazine rings is 1. The van der Waals surface area contributed by atoms with E-state index in [1.807, 2.05) is 30.1 Å². The van der Waals surface area contributed by atoms with Crippen molar-refractivity contribution in [3.05, 3.63) is 24.9 Å². The van der Waals surface area contributed by atoms with E-state index in [0.717, 1.165) is 54.1 Å². The molecule has 0 aliphatic carbocycles. The van der Waals surface area contributed by atoms with Gasteiger partial charge in [0.25, 0.3) is 0 Å². The standard InChI is InChI=1S/C15H18N8S/c1-21-10-19-12-13(21)17-9-18-14(12)23-7-5-22(6-8-23)11-3-4-16-15(20-11)24-2/h3-4,9-10H,5-8H2,1-2H3. The van der Waals surface area contributed by atoms with E-state index in [9.17, 15) is 0 Å². The van der Waals surface area contributed by atoms with Crippen LogP contribution in [0.3, 0.4) is 0 Å². The zero-order chi connectivity index (χ0) is 16.5. The van der Waals surface area contributed by atoms with Crippen molar-refractivity contribution in [2.75, 3.05) is 42.2 Å². The Hall–Kier alpha value is -2.42. The van der Waals surface area contributed by atoms with Gasteiger partial charge in [0, 0.05) is 39.4 Å². The van der Waals surface area contributed by atoms with E-state index in [-0.39, 0.29) is 0 Å². The smallest absolute Gasteiger partial charge is 0.189 e. The van der Waals surface area contributed by atoms with Gasteiger partial charge in [0.15, 0.2) is 22.1 Å². The average molecular weight is 342 g/mol. The number of aryl methyl sites for hydroxylation is 1. The van der Waals surface area contributed by atoms with Crippen molar-refractivity contribution in [1.29, 1.82) is 0 Å². The molecule has 0 bridgehead atoms. The molecular formula is C15H18N8S. The van der Waals surface area contributed by atoms with Crippen LogP contribution in [0.4, 0.5) is 11.6 Å². The maximum Gasteiger partial charge on any atom is 0.189 e. The SMILES string of the molecule is CSc1nccc(N2CCN(c3ncnc4c3ncn4C)CC2)n1. The van der Waals surface area contributed by atoms with Crippen molar-refractivity contribution in [1.82, 2.24) is 29.5 Å². The zero-order valence-electron chi connectivity index (χ0n) is 13.6. The van der Waals surface area contributed by atoms with Crippen LogP contribution in [0, 0.1) is 0 Å². The number of hydrogen-bond acceptors (Lipinski definition) is 8. The fourth-order valence-electron chi connectivity index (χ4n) is 2.92. The quantitative estimate of drug-likeness (QED) is 0.519. The van der Waals surface area contributed by atoms with Crippen molar-refractivity contribution in [2.45, 2.75) is 5.16 Å². The van der Waals surface area contributed by atoms with E-state index in [2.05, 4.69) is 34.7 Å². The van der Waals surface area contributed by atoms with Gasteiger partial charge in [0.1, 0.15) is 12.1 Å². The number of nitrogens with zero attached hydrogens (tertiary/aromatic N) is 8. The summed E-state index contributed by atoms with van der Waals surface area (Å²) >= 11 is 1.56. The molecular weight excluding hydrogens is 324 g/mol. The Balaban J connectivity index is 1.53. The molecule has 0 saturated carbocycles. The molecule has 4 rings (SSSR count). The number of imidazole rings is 1. The Morgan fingerprint density at radius 2 is 1.79 bits per heavy atom. The highest BCUT2D eigenvalue weighted by Gasteiger charge is 2.22. The van der Waals surface area contributed by atoms with Crippen LogP contribution >= 0.6 is 11.8 Å². The molecule has 0 unspecified atom stereocenters. The zero-order valence-corrected chi connectivity index (χ0v) is 14.4. The number of thioether (sulfide) groups is 1. The van der Waals surface area contributed by atoms with Gasteiger partial charge in [-0.3, -0.25) is 0 Å². The van der Waals surface area contributed by atoms with Crippen LogP contribution < -0.4 is 9.80 Å². The topological polar surface area (TPSA) is 75.9 Å². The summed E-state index contributed by atoms with van der Waals surface area (Å²) in [6, 6.07) is 1.97. The lowest BCUT2D eigenvalue weighted by Crippen LogP contribution is -2.47. The first-order valence-electron chi connectivity index (χ1n) is 7.75. The summed E-state index contributed by atoms with van der Waals surface area (Å²) in [5, 5.41) is 0.806. The van der Waals surface area contributed by atoms with Crippen LogP contribution in [0.5, 0.6) is 0 Å². The Kier molecular flexibility index (Phi) is 3.93. The van der Waals surface area contributed by atoms with Crippen molar-refractivity contribution >= 4 is 34.6 Å². The number of fused-ring (bicyclic) bond motifs is 1. The molecule has 0 spiro atoms. The summed E-state index contributed by atoms with van der Waals surface area (Å²) in [4.78, 5) is 26.6. The van der Waals surface area contributed by atoms with E-state index in [1.54, 1.807) is 24.4 Å². The number of aromatic nitrogens is 6. The van der Waals surface area contributed by atoms with Crippen LogP contribution in [0.15, 0.2) is 30.1 Å². The minimum absolute atomic E-state index is 0.806. The molecule has 1 saturated heterocycles. The highest BCUT2D eigenvalue weighted by molar-refractivity contribution is 7.98. The molecule has 0 aromatic carbocycles. The first-order valence-corrected chi connectivity index (χ1v) is 8.97. The first-order chi connectivity index (χ1) is 11.8. The predicted molar refractivity (Wildman–Crippen MR) is 94.5 cm³/mol. The maximum atomic E-state index is 4.58. The fourth-order valence-corrected chi connectivity index (χ4v) is 3.27. The lowest BCUT2D eigenvalue weighted by molar-refractivity contribution is 0.639. The summed E-state index contributed by atoms with van der Waals surface area (Å²) in [7, 11) is 1.95. The summed E-state index contributed by atoms with van der Waals surface area (Å²) in [5.41, 5.74) is 1.72. The molecule has 3 aromatic rings. The van der Waals surface area contributed by atoms with Crippen molar-refractivity contribution in [2.24, 2.45) is 7.05 Å². The van der Waals surface area contributed by atoms with Gasteiger partial charge in [-0.1, -0.05) is 11.8 Å². The van der Waals surface area contributed by atoms with Crippen molar-refractivity contribution in [3.8, 4) is 0 Å². The Morgan fingerprint density at radius 3 is 2.58 bits per heavy atom. The van der Waals surface area contributed by atoms with E-state index in [0.29, 0.717) is 0 Å². The second kappa shape index (κ2) is 6.23. The molecule has 9 heteroatoms. The van der Waals surface area contributed by atoms with E-state index in [4.69, 9.17) is 0 Å². The van der Waals surface area contributed by atoms with Gasteiger partial charge in [0.2, 0.25) is 0 Å². The second-order valence-electron chi connectivity index (χ2n) is 5.60. The van der Waals surface area contributed by atoms with Gasteiger partial charge in [-0.2, -0.15) is 0 Å². The molecule has 0 amide bonds. The minimum Gasteiger partial charge on any atom is -0.353 e. The number of anilines is 2. The molecule has 3 aromatic heterocycles. The van der Waals surface area contributed by atoms with Crippen LogP contribution in [-0.2, 0) is 7.05 Å². The lowest BCUT2D eigenvalue weighted by Gasteiger charge is -2.36. The molecule has 0 atom stereocenters. The summed E-state index contributed by atoms with van der Waals surface area (Å²) in [5.74, 6) is 1.90. The van der Waals surface area contributed by atoms with Gasteiger partial charge in [-0.05, 0) is 12.3 Å². The highest BCUT2D eigenvalue weighted by atomic mass is 32.2. The fraction of sp³-hybridized carbons (Fsp3) is 0.400. The monoisotopic (exact) mass is 342 g/mol. The van der Waals surface area contributed by atoms with Crippen LogP contribution in [-0.4, -0.2) is 61.9 Å². The van der Waals surface area contributed by atoms with Gasteiger partial charge in [-0.15, -0.1) is 0 Å². The third-order valence-electron chi connectivity index (χ3n) is 4.18. The van der Waals surface area contributed by atoms with Crippen LogP contribution in [0.1, 0.15) is 0 Å². The molecule has 1 aliphatic rings. The van der Waals surface area contributed by atoms with Gasteiger partial charge >= 0.3 is 0 Å². The van der Waals surface area contributed by atoms with Crippen LogP contribution in [0.2, 0.25) is 0 Å². The molecule has 124 valence electrons. The summed E-state index contributed by atoms with van der Waals surface area (Å²) in [6.45, 7) is 3.54. The van der Waals surface area contributed by atoms with Crippen molar-refractivity contribution in [3.63, 3.8) is 0 Å². The van der Waals surface area contributed by atoms with Gasteiger partial charge in [0.05, 0.1) is 6.33 Å². The molecule has 24 heavy (non-hydrogen) atoms. The predicted octanol–water partition coefficient (Wildman–Crippen LogP) is 1.20. The first kappa shape index (κ1) is 15.1. The third-order valence-corrected chi connectivity index (χ3v) is 4.74. The van der Waals surface area contributed by atoms with E-state index < -0.39 is 0 Å². The van der Waals surface area contributed by atoms with E-state index >= 15 is 0 Å². The Morgan fingerprint density at radius 1 is 1.00 bits per heavy atom. The number of hydrogen-bond donors (Lipinski definition) is 0. The average Bonchev–Trinajstić information content (AvgIpc) is 3.03. The molecule has 8 nitrogen and oxygen atoms in total. The molecule has 0 radical (unpaired) electrons. The lowest BCUT2D eigenvalue weighted by atomic mass is 10.3. The third kappa shape index (κ3) is 2.64. The van der Waals surface area contributed by atoms with E-state index in [1.165, 1.54) is 0 Å². The van der Waals surface area contributed by atoms with Gasteiger partial charge in [-0.25, -0.2) is 24.9 Å². The molecule has 0 N–H and O–H groups in total. The Labute approximate surface area is 144 Å². The Bertz CT molecular complexity index is 856. The number of rotatable bonds is 3. The largest absolute Gasteiger partial charge is 0.353 e. The normalized spacial score (nSPS) is 15.2. The minimum atomic E-state index is 0.806. The molecule has 4 heterocycles. The van der Waals surface area contributed by atoms with Crippen LogP contribution in [0.25, 0.3) is 11.2 Å². The van der Waals surface area contributed by atoms with Gasteiger partial charge < -0.3 is 14.4 Å². The second-order valence-corrected chi connectivity index (χ2v) is 6.37. The maximum absolute atomic E-state index is 4.58.